The summed E-state index contributed by atoms with van der Waals surface area (Å²) in [5.41, 5.74) is 0. The molecule has 0 radical (unpaired) electrons. The van der Waals surface area contributed by atoms with Crippen LogP contribution in [0.25, 0.3) is 10.1 Å². The van der Waals surface area contributed by atoms with E-state index in [1.165, 1.54) is 11.3 Å². The van der Waals surface area contributed by atoms with Gasteiger partial charge in [-0.15, -0.1) is 11.3 Å². The molecule has 1 heterocycles. The number of rotatable bonds is 1. The Morgan fingerprint density at radius 3 is 2.33 bits per heavy atom. The van der Waals surface area contributed by atoms with Crippen molar-refractivity contribution in [2.45, 2.75) is 0 Å². The van der Waals surface area contributed by atoms with Crippen LogP contribution in [0, 0.1) is 0 Å². The molecule has 1 aromatic carbocycles. The van der Waals surface area contributed by atoms with Gasteiger partial charge >= 0.3 is 0 Å². The highest BCUT2D eigenvalue weighted by molar-refractivity contribution is 7.23. The molecule has 1 nitrogen and oxygen atoms in total. The van der Waals surface area contributed by atoms with Gasteiger partial charge < -0.3 is 0 Å². The summed E-state index contributed by atoms with van der Waals surface area (Å²) in [6.45, 7) is 0. The van der Waals surface area contributed by atoms with Crippen LogP contribution in [0.4, 0.5) is 0 Å². The Kier molecular flexibility index (Phi) is 3.15. The molecule has 0 saturated carbocycles. The first kappa shape index (κ1) is 11.5. The van der Waals surface area contributed by atoms with Crippen LogP contribution in [0.5, 0.6) is 0 Å². The molecule has 0 saturated heterocycles. The average Bonchev–Trinajstić information content (AvgIpc) is 2.46. The first-order valence-corrected chi connectivity index (χ1v) is 6.10. The second kappa shape index (κ2) is 4.11. The molecular weight excluding hydrogens is 298 g/mol. The molecule has 2 rings (SSSR count). The topological polar surface area (TPSA) is 17.1 Å². The number of carbonyl (C=O) groups excluding carboxylic acids is 1. The Labute approximate surface area is 109 Å². The van der Waals surface area contributed by atoms with Crippen LogP contribution >= 0.6 is 57.7 Å². The van der Waals surface area contributed by atoms with E-state index in [9.17, 15) is 4.79 Å². The Hall–Kier alpha value is 0.01000. The molecule has 0 amide bonds. The van der Waals surface area contributed by atoms with Crippen LogP contribution in [-0.4, -0.2) is 5.24 Å². The molecule has 0 spiro atoms. The zero-order valence-electron chi connectivity index (χ0n) is 6.98. The number of benzene rings is 1. The molecule has 15 heavy (non-hydrogen) atoms. The van der Waals surface area contributed by atoms with Crippen molar-refractivity contribution >= 4 is 73.1 Å². The molecule has 6 heteroatoms. The fraction of sp³-hybridized carbons (Fsp3) is 0. The molecule has 0 aliphatic carbocycles. The SMILES string of the molecule is O=C(Cl)c1sc2cc(Cl)c(Cl)cc2c1Cl. The maximum Gasteiger partial charge on any atom is 0.263 e. The zero-order chi connectivity index (χ0) is 11.2. The summed E-state index contributed by atoms with van der Waals surface area (Å²) in [4.78, 5) is 11.3. The number of carbonyl (C=O) groups is 1. The lowest BCUT2D eigenvalue weighted by molar-refractivity contribution is 0.108. The third kappa shape index (κ3) is 1.97. The summed E-state index contributed by atoms with van der Waals surface area (Å²) in [5, 5.41) is 1.27. The Bertz CT molecular complexity index is 561. The van der Waals surface area contributed by atoms with Gasteiger partial charge in [0.15, 0.2) is 0 Å². The lowest BCUT2D eigenvalue weighted by Crippen LogP contribution is -1.81. The smallest absolute Gasteiger partial charge is 0.263 e. The van der Waals surface area contributed by atoms with E-state index in [4.69, 9.17) is 46.4 Å². The summed E-state index contributed by atoms with van der Waals surface area (Å²) in [7, 11) is 0. The van der Waals surface area contributed by atoms with Crippen LogP contribution in [0.15, 0.2) is 12.1 Å². The summed E-state index contributed by atoms with van der Waals surface area (Å²) in [6, 6.07) is 3.29. The van der Waals surface area contributed by atoms with E-state index in [-0.39, 0.29) is 0 Å². The van der Waals surface area contributed by atoms with Gasteiger partial charge in [0.25, 0.3) is 5.24 Å². The highest BCUT2D eigenvalue weighted by Gasteiger charge is 2.16. The third-order valence-electron chi connectivity index (χ3n) is 1.85. The van der Waals surface area contributed by atoms with Gasteiger partial charge in [-0.05, 0) is 23.7 Å². The van der Waals surface area contributed by atoms with Gasteiger partial charge in [-0.25, -0.2) is 0 Å². The van der Waals surface area contributed by atoms with Gasteiger partial charge in [0.2, 0.25) is 0 Å². The van der Waals surface area contributed by atoms with Crippen LogP contribution in [-0.2, 0) is 0 Å². The second-order valence-electron chi connectivity index (χ2n) is 2.78. The quantitative estimate of drug-likeness (QED) is 0.658. The molecule has 0 bridgehead atoms. The van der Waals surface area contributed by atoms with Crippen LogP contribution in [0.2, 0.25) is 15.1 Å². The number of halogens is 4. The van der Waals surface area contributed by atoms with Crippen molar-refractivity contribution in [3.8, 4) is 0 Å². The van der Waals surface area contributed by atoms with Crippen molar-refractivity contribution in [3.05, 3.63) is 32.1 Å². The van der Waals surface area contributed by atoms with E-state index >= 15 is 0 Å². The maximum atomic E-state index is 11.0. The van der Waals surface area contributed by atoms with E-state index in [0.717, 1.165) is 4.70 Å². The first-order chi connectivity index (χ1) is 7.00. The summed E-state index contributed by atoms with van der Waals surface area (Å²) < 4.78 is 0.790. The highest BCUT2D eigenvalue weighted by Crippen LogP contribution is 2.39. The Morgan fingerprint density at radius 2 is 1.73 bits per heavy atom. The molecule has 0 atom stereocenters. The van der Waals surface area contributed by atoms with Crippen molar-refractivity contribution < 1.29 is 4.79 Å². The van der Waals surface area contributed by atoms with Crippen molar-refractivity contribution in [2.75, 3.05) is 0 Å². The molecule has 0 unspecified atom stereocenters. The Morgan fingerprint density at radius 1 is 1.13 bits per heavy atom. The molecule has 0 fully saturated rings. The molecule has 78 valence electrons. The van der Waals surface area contributed by atoms with Crippen LogP contribution in [0.3, 0.4) is 0 Å². The normalized spacial score (nSPS) is 10.9. The molecule has 2 aromatic rings. The van der Waals surface area contributed by atoms with Gasteiger partial charge in [0, 0.05) is 10.1 Å². The van der Waals surface area contributed by atoms with Gasteiger partial charge in [0.1, 0.15) is 4.88 Å². The van der Waals surface area contributed by atoms with E-state index in [2.05, 4.69) is 0 Å². The van der Waals surface area contributed by atoms with E-state index < -0.39 is 5.24 Å². The average molecular weight is 300 g/mol. The second-order valence-corrected chi connectivity index (χ2v) is 5.37. The van der Waals surface area contributed by atoms with Gasteiger partial charge in [-0.2, -0.15) is 0 Å². The lowest BCUT2D eigenvalue weighted by Gasteiger charge is -1.95. The fourth-order valence-corrected chi connectivity index (χ4v) is 3.20. The Balaban J connectivity index is 2.83. The van der Waals surface area contributed by atoms with Crippen molar-refractivity contribution in [3.63, 3.8) is 0 Å². The maximum absolute atomic E-state index is 11.0. The van der Waals surface area contributed by atoms with Gasteiger partial charge in [0.05, 0.1) is 15.1 Å². The summed E-state index contributed by atoms with van der Waals surface area (Å²) in [5.74, 6) is 0. The monoisotopic (exact) mass is 298 g/mol. The van der Waals surface area contributed by atoms with Crippen LogP contribution < -0.4 is 0 Å². The van der Waals surface area contributed by atoms with Crippen molar-refractivity contribution in [2.24, 2.45) is 0 Å². The minimum absolute atomic E-state index is 0.312. The summed E-state index contributed by atoms with van der Waals surface area (Å²) in [6.07, 6.45) is 0. The molecule has 0 N–H and O–H groups in total. The third-order valence-corrected chi connectivity index (χ3v) is 4.53. The number of thiophene rings is 1. The molecule has 0 aliphatic rings. The molecular formula is C9H2Cl4OS. The van der Waals surface area contributed by atoms with Crippen molar-refractivity contribution in [1.82, 2.24) is 0 Å². The largest absolute Gasteiger partial charge is 0.275 e. The molecule has 1 aromatic heterocycles. The highest BCUT2D eigenvalue weighted by atomic mass is 35.5. The minimum Gasteiger partial charge on any atom is -0.275 e. The zero-order valence-corrected chi connectivity index (χ0v) is 10.8. The number of fused-ring (bicyclic) bond motifs is 1. The fourth-order valence-electron chi connectivity index (χ4n) is 1.19. The summed E-state index contributed by atoms with van der Waals surface area (Å²) >= 11 is 24.2. The van der Waals surface area contributed by atoms with Gasteiger partial charge in [-0.1, -0.05) is 34.8 Å². The van der Waals surface area contributed by atoms with E-state index in [0.29, 0.717) is 25.3 Å². The minimum atomic E-state index is -0.576. The predicted molar refractivity (Wildman–Crippen MR) is 67.0 cm³/mol. The number of hydrogen-bond acceptors (Lipinski definition) is 2. The van der Waals surface area contributed by atoms with Crippen LogP contribution in [0.1, 0.15) is 9.67 Å². The van der Waals surface area contributed by atoms with Gasteiger partial charge in [-0.3, -0.25) is 4.79 Å². The predicted octanol–water partition coefficient (Wildman–Crippen LogP) is 5.24. The van der Waals surface area contributed by atoms with Crippen molar-refractivity contribution in [1.29, 1.82) is 0 Å². The van der Waals surface area contributed by atoms with E-state index in [1.807, 2.05) is 0 Å². The lowest BCUT2D eigenvalue weighted by atomic mass is 10.2. The number of hydrogen-bond donors (Lipinski definition) is 0. The standard InChI is InChI=1S/C9H2Cl4OS/c10-4-1-3-6(2-5(4)11)15-8(7(3)12)9(13)14/h1-2H. The first-order valence-electron chi connectivity index (χ1n) is 3.77. The van der Waals surface area contributed by atoms with E-state index in [1.54, 1.807) is 12.1 Å². The molecule has 0 aliphatic heterocycles.